The third-order valence-corrected chi connectivity index (χ3v) is 3.05. The fraction of sp³-hybridized carbons (Fsp3) is 0.462. The van der Waals surface area contributed by atoms with E-state index in [1.165, 1.54) is 12.1 Å². The summed E-state index contributed by atoms with van der Waals surface area (Å²) in [5, 5.41) is 0. The van der Waals surface area contributed by atoms with E-state index in [0.29, 0.717) is 12.1 Å². The van der Waals surface area contributed by atoms with E-state index in [-0.39, 0.29) is 36.6 Å². The number of rotatable bonds is 2. The van der Waals surface area contributed by atoms with Crippen LogP contribution in [0.25, 0.3) is 0 Å². The predicted octanol–water partition coefficient (Wildman–Crippen LogP) is 1.74. The predicted molar refractivity (Wildman–Crippen MR) is 71.1 cm³/mol. The molecule has 1 saturated heterocycles. The van der Waals surface area contributed by atoms with E-state index in [2.05, 4.69) is 0 Å². The van der Waals surface area contributed by atoms with Crippen LogP contribution in [0.5, 0.6) is 0 Å². The number of benzene rings is 1. The number of halogens is 2. The topological polar surface area (TPSA) is 46.3 Å². The molecule has 0 unspecified atom stereocenters. The van der Waals surface area contributed by atoms with Crippen molar-refractivity contribution in [3.63, 3.8) is 0 Å². The van der Waals surface area contributed by atoms with Gasteiger partial charge in [-0.15, -0.1) is 12.4 Å². The molecule has 0 saturated carbocycles. The molecule has 18 heavy (non-hydrogen) atoms. The Balaban J connectivity index is 0.00000162. The smallest absolute Gasteiger partial charge is 0.227 e. The first kappa shape index (κ1) is 14.9. The molecule has 0 bridgehead atoms. The maximum Gasteiger partial charge on any atom is 0.227 e. The number of nitrogens with zero attached hydrogens (tertiary/aromatic N) is 1. The zero-order valence-corrected chi connectivity index (χ0v) is 11.0. The first-order valence-corrected chi connectivity index (χ1v) is 5.93. The third-order valence-electron chi connectivity index (χ3n) is 3.05. The highest BCUT2D eigenvalue weighted by atomic mass is 35.5. The van der Waals surface area contributed by atoms with Gasteiger partial charge in [-0.05, 0) is 30.5 Å². The van der Waals surface area contributed by atoms with Crippen molar-refractivity contribution in [2.45, 2.75) is 25.3 Å². The summed E-state index contributed by atoms with van der Waals surface area (Å²) in [5.41, 5.74) is 6.54. The molecule has 1 aliphatic rings. The van der Waals surface area contributed by atoms with Crippen LogP contribution in [0.4, 0.5) is 4.39 Å². The molecule has 1 heterocycles. The Labute approximate surface area is 113 Å². The molecule has 1 atom stereocenters. The lowest BCUT2D eigenvalue weighted by Gasteiger charge is -2.30. The molecular formula is C13H18ClFN2O. The van der Waals surface area contributed by atoms with E-state index in [1.54, 1.807) is 17.0 Å². The summed E-state index contributed by atoms with van der Waals surface area (Å²) in [6.45, 7) is 1.38. The normalized spacial score (nSPS) is 19.2. The molecule has 1 aromatic carbocycles. The highest BCUT2D eigenvalue weighted by Gasteiger charge is 2.21. The molecular weight excluding hydrogens is 255 g/mol. The lowest BCUT2D eigenvalue weighted by Crippen LogP contribution is -2.46. The molecule has 1 aromatic rings. The third kappa shape index (κ3) is 3.96. The highest BCUT2D eigenvalue weighted by Crippen LogP contribution is 2.11. The fourth-order valence-electron chi connectivity index (χ4n) is 2.17. The summed E-state index contributed by atoms with van der Waals surface area (Å²) < 4.78 is 13.0. The van der Waals surface area contributed by atoms with Crippen molar-refractivity contribution in [3.05, 3.63) is 35.6 Å². The molecule has 1 fully saturated rings. The number of nitrogens with two attached hydrogens (primary N) is 1. The maximum atomic E-state index is 13.0. The minimum atomic E-state index is -0.300. The van der Waals surface area contributed by atoms with E-state index in [4.69, 9.17) is 5.73 Å². The maximum absolute atomic E-state index is 13.0. The molecule has 1 amide bonds. The van der Waals surface area contributed by atoms with Gasteiger partial charge in [0, 0.05) is 19.1 Å². The molecule has 100 valence electrons. The van der Waals surface area contributed by atoms with Crippen LogP contribution in [0.15, 0.2) is 24.3 Å². The number of hydrogen-bond donors (Lipinski definition) is 1. The van der Waals surface area contributed by atoms with Crippen LogP contribution in [-0.2, 0) is 11.2 Å². The van der Waals surface area contributed by atoms with Gasteiger partial charge in [0.05, 0.1) is 6.42 Å². The molecule has 0 aliphatic carbocycles. The zero-order chi connectivity index (χ0) is 12.3. The van der Waals surface area contributed by atoms with Gasteiger partial charge in [-0.3, -0.25) is 4.79 Å². The Bertz CT molecular complexity index is 414. The first-order chi connectivity index (χ1) is 8.15. The second kappa shape index (κ2) is 6.71. The van der Waals surface area contributed by atoms with E-state index < -0.39 is 0 Å². The summed E-state index contributed by atoms with van der Waals surface area (Å²) in [5.74, 6) is -0.267. The average molecular weight is 273 g/mol. The van der Waals surface area contributed by atoms with E-state index in [9.17, 15) is 9.18 Å². The van der Waals surface area contributed by atoms with Gasteiger partial charge in [0.2, 0.25) is 5.91 Å². The Morgan fingerprint density at radius 3 is 2.94 bits per heavy atom. The molecule has 2 rings (SSSR count). The van der Waals surface area contributed by atoms with Crippen molar-refractivity contribution in [2.75, 3.05) is 13.1 Å². The molecule has 5 heteroatoms. The van der Waals surface area contributed by atoms with Crippen LogP contribution in [-0.4, -0.2) is 29.9 Å². The van der Waals surface area contributed by atoms with E-state index in [0.717, 1.165) is 19.4 Å². The number of likely N-dealkylation sites (tertiary alicyclic amines) is 1. The fourth-order valence-corrected chi connectivity index (χ4v) is 2.17. The summed E-state index contributed by atoms with van der Waals surface area (Å²) in [7, 11) is 0. The van der Waals surface area contributed by atoms with Crippen molar-refractivity contribution in [3.8, 4) is 0 Å². The lowest BCUT2D eigenvalue weighted by molar-refractivity contribution is -0.131. The van der Waals surface area contributed by atoms with E-state index in [1.807, 2.05) is 0 Å². The Kier molecular flexibility index (Phi) is 5.56. The summed E-state index contributed by atoms with van der Waals surface area (Å²) in [6, 6.07) is 6.26. The van der Waals surface area contributed by atoms with Crippen LogP contribution in [0.1, 0.15) is 18.4 Å². The van der Waals surface area contributed by atoms with Crippen molar-refractivity contribution in [2.24, 2.45) is 5.73 Å². The van der Waals surface area contributed by atoms with Crippen LogP contribution in [0.3, 0.4) is 0 Å². The van der Waals surface area contributed by atoms with E-state index >= 15 is 0 Å². The minimum Gasteiger partial charge on any atom is -0.341 e. The van der Waals surface area contributed by atoms with Gasteiger partial charge in [-0.1, -0.05) is 12.1 Å². The second-order valence-electron chi connectivity index (χ2n) is 4.55. The van der Waals surface area contributed by atoms with Gasteiger partial charge in [0.1, 0.15) is 5.82 Å². The number of piperidine rings is 1. The van der Waals surface area contributed by atoms with Crippen molar-refractivity contribution in [1.82, 2.24) is 4.90 Å². The largest absolute Gasteiger partial charge is 0.341 e. The van der Waals surface area contributed by atoms with Gasteiger partial charge < -0.3 is 10.6 Å². The van der Waals surface area contributed by atoms with Crippen LogP contribution >= 0.6 is 12.4 Å². The van der Waals surface area contributed by atoms with Gasteiger partial charge >= 0.3 is 0 Å². The Morgan fingerprint density at radius 2 is 2.28 bits per heavy atom. The van der Waals surface area contributed by atoms with Crippen LogP contribution in [0.2, 0.25) is 0 Å². The number of amides is 1. The Morgan fingerprint density at radius 1 is 1.50 bits per heavy atom. The molecule has 0 radical (unpaired) electrons. The Hall–Kier alpha value is -1.13. The second-order valence-corrected chi connectivity index (χ2v) is 4.55. The number of carbonyl (C=O) groups excluding carboxylic acids is 1. The number of carbonyl (C=O) groups is 1. The molecule has 0 spiro atoms. The molecule has 1 aliphatic heterocycles. The zero-order valence-electron chi connectivity index (χ0n) is 10.1. The van der Waals surface area contributed by atoms with Gasteiger partial charge in [0.15, 0.2) is 0 Å². The first-order valence-electron chi connectivity index (χ1n) is 5.93. The lowest BCUT2D eigenvalue weighted by atomic mass is 10.1. The van der Waals surface area contributed by atoms with Crippen LogP contribution in [0, 0.1) is 5.82 Å². The standard InChI is InChI=1S/C13H17FN2O.ClH/c14-11-4-1-3-10(7-11)8-13(17)16-6-2-5-12(15)9-16;/h1,3-4,7,12H,2,5-6,8-9,15H2;1H/t12-;/m0./s1. The molecule has 0 aromatic heterocycles. The average Bonchev–Trinajstić information content (AvgIpc) is 2.29. The molecule has 2 N–H and O–H groups in total. The minimum absolute atomic E-state index is 0. The number of hydrogen-bond acceptors (Lipinski definition) is 2. The van der Waals surface area contributed by atoms with Crippen molar-refractivity contribution >= 4 is 18.3 Å². The van der Waals surface area contributed by atoms with Gasteiger partial charge in [-0.2, -0.15) is 0 Å². The van der Waals surface area contributed by atoms with Crippen molar-refractivity contribution in [1.29, 1.82) is 0 Å². The summed E-state index contributed by atoms with van der Waals surface area (Å²) in [4.78, 5) is 13.7. The SMILES string of the molecule is Cl.N[C@H]1CCCN(C(=O)Cc2cccc(F)c2)C1. The van der Waals surface area contributed by atoms with Gasteiger partial charge in [0.25, 0.3) is 0 Å². The quantitative estimate of drug-likeness (QED) is 0.891. The summed E-state index contributed by atoms with van der Waals surface area (Å²) in [6.07, 6.45) is 2.18. The van der Waals surface area contributed by atoms with Gasteiger partial charge in [-0.25, -0.2) is 4.39 Å². The molecule has 3 nitrogen and oxygen atoms in total. The summed E-state index contributed by atoms with van der Waals surface area (Å²) >= 11 is 0. The van der Waals surface area contributed by atoms with Crippen LogP contribution < -0.4 is 5.73 Å². The van der Waals surface area contributed by atoms with Crippen molar-refractivity contribution < 1.29 is 9.18 Å². The highest BCUT2D eigenvalue weighted by molar-refractivity contribution is 5.85. The monoisotopic (exact) mass is 272 g/mol.